The minimum Gasteiger partial charge on any atom is -0.416 e. The first kappa shape index (κ1) is 8.76. The molecule has 1 aliphatic heterocycles. The van der Waals surface area contributed by atoms with Gasteiger partial charge in [0.25, 0.3) is 0 Å². The van der Waals surface area contributed by atoms with Crippen molar-refractivity contribution in [1.29, 1.82) is 5.26 Å². The van der Waals surface area contributed by atoms with Gasteiger partial charge in [0.15, 0.2) is 0 Å². The third-order valence-corrected chi connectivity index (χ3v) is 6.78. The Morgan fingerprint density at radius 2 is 2.27 bits per heavy atom. The molecule has 2 unspecified atom stereocenters. The Balaban J connectivity index is 2.57. The Morgan fingerprint density at radius 3 is 2.73 bits per heavy atom. The zero-order valence-electron chi connectivity index (χ0n) is 7.26. The van der Waals surface area contributed by atoms with Crippen LogP contribution in [0.15, 0.2) is 0 Å². The largest absolute Gasteiger partial charge is 0.416 e. The van der Waals surface area contributed by atoms with Crippen molar-refractivity contribution in [3.63, 3.8) is 0 Å². The number of hydrogen-bond donors (Lipinski definition) is 0. The van der Waals surface area contributed by atoms with Crippen molar-refractivity contribution in [3.8, 4) is 6.07 Å². The molecule has 62 valence electrons. The van der Waals surface area contributed by atoms with Crippen LogP contribution in [0.25, 0.3) is 0 Å². The van der Waals surface area contributed by atoms with Gasteiger partial charge in [-0.15, -0.1) is 0 Å². The van der Waals surface area contributed by atoms with Crippen LogP contribution in [-0.2, 0) is 4.43 Å². The minimum atomic E-state index is -1.60. The van der Waals surface area contributed by atoms with Gasteiger partial charge in [-0.1, -0.05) is 6.42 Å². The lowest BCUT2D eigenvalue weighted by atomic mass is 10.4. The molecule has 0 aliphatic carbocycles. The van der Waals surface area contributed by atoms with Crippen LogP contribution in [0, 0.1) is 11.3 Å². The van der Waals surface area contributed by atoms with E-state index in [-0.39, 0.29) is 5.54 Å². The van der Waals surface area contributed by atoms with Crippen LogP contribution in [0.4, 0.5) is 0 Å². The second-order valence-electron chi connectivity index (χ2n) is 3.47. The summed E-state index contributed by atoms with van der Waals surface area (Å²) in [5.41, 5.74) is 0.155. The average molecular weight is 169 g/mol. The van der Waals surface area contributed by atoms with E-state index >= 15 is 0 Å². The van der Waals surface area contributed by atoms with E-state index in [4.69, 9.17) is 9.69 Å². The summed E-state index contributed by atoms with van der Waals surface area (Å²) < 4.78 is 5.73. The summed E-state index contributed by atoms with van der Waals surface area (Å²) in [6, 6.07) is 3.48. The summed E-state index contributed by atoms with van der Waals surface area (Å²) in [5, 5.41) is 8.76. The van der Waals surface area contributed by atoms with E-state index in [9.17, 15) is 0 Å². The predicted octanol–water partition coefficient (Wildman–Crippen LogP) is 2.29. The van der Waals surface area contributed by atoms with E-state index in [1.165, 1.54) is 18.9 Å². The van der Waals surface area contributed by atoms with Crippen LogP contribution in [0.1, 0.15) is 19.8 Å². The second-order valence-corrected chi connectivity index (χ2v) is 7.75. The molecule has 0 aromatic rings. The second kappa shape index (κ2) is 3.38. The first-order valence-corrected chi connectivity index (χ1v) is 6.92. The van der Waals surface area contributed by atoms with Crippen molar-refractivity contribution in [1.82, 2.24) is 0 Å². The van der Waals surface area contributed by atoms with Crippen molar-refractivity contribution in [2.24, 2.45) is 0 Å². The Morgan fingerprint density at radius 1 is 1.55 bits per heavy atom. The fourth-order valence-electron chi connectivity index (χ4n) is 1.43. The molecule has 0 saturated carbocycles. The molecule has 1 saturated heterocycles. The fraction of sp³-hybridized carbons (Fsp3) is 0.875. The van der Waals surface area contributed by atoms with E-state index in [1.54, 1.807) is 0 Å². The van der Waals surface area contributed by atoms with Crippen molar-refractivity contribution < 1.29 is 4.43 Å². The maximum Gasteiger partial charge on any atom is 0.206 e. The molecule has 1 aliphatic rings. The summed E-state index contributed by atoms with van der Waals surface area (Å²) in [6.45, 7) is 5.06. The van der Waals surface area contributed by atoms with Gasteiger partial charge in [0, 0.05) is 6.61 Å². The van der Waals surface area contributed by atoms with Crippen molar-refractivity contribution in [2.45, 2.75) is 37.9 Å². The lowest BCUT2D eigenvalue weighted by Crippen LogP contribution is -2.41. The highest BCUT2D eigenvalue weighted by Gasteiger charge is 2.37. The molecule has 0 N–H and O–H groups in total. The maximum absolute atomic E-state index is 8.76. The van der Waals surface area contributed by atoms with Crippen molar-refractivity contribution in [2.75, 3.05) is 6.61 Å². The Labute approximate surface area is 69.3 Å². The number of nitrogens with zero attached hydrogens (tertiary/aromatic N) is 1. The molecule has 0 aromatic carbocycles. The highest BCUT2D eigenvalue weighted by Crippen LogP contribution is 2.31. The summed E-state index contributed by atoms with van der Waals surface area (Å²) in [4.78, 5) is 0. The lowest BCUT2D eigenvalue weighted by Gasteiger charge is -2.33. The molecule has 0 amide bonds. The van der Waals surface area contributed by atoms with Crippen LogP contribution in [0.2, 0.25) is 18.1 Å². The SMILES string of the molecule is CC(C#N)[Si]1(C)CCCCO1. The fourth-order valence-corrected chi connectivity index (χ4v) is 4.10. The Kier molecular flexibility index (Phi) is 2.69. The van der Waals surface area contributed by atoms with Crippen LogP contribution in [-0.4, -0.2) is 14.9 Å². The van der Waals surface area contributed by atoms with Gasteiger partial charge in [0.1, 0.15) is 0 Å². The Hall–Kier alpha value is -0.333. The summed E-state index contributed by atoms with van der Waals surface area (Å²) in [6.07, 6.45) is 2.44. The third kappa shape index (κ3) is 1.82. The average Bonchev–Trinajstić information content (AvgIpc) is 2.04. The summed E-state index contributed by atoms with van der Waals surface area (Å²) in [7, 11) is -1.60. The van der Waals surface area contributed by atoms with Gasteiger partial charge >= 0.3 is 0 Å². The lowest BCUT2D eigenvalue weighted by molar-refractivity contribution is 0.267. The monoisotopic (exact) mass is 169 g/mol. The number of rotatable bonds is 1. The highest BCUT2D eigenvalue weighted by molar-refractivity contribution is 6.74. The van der Waals surface area contributed by atoms with E-state index in [0.717, 1.165) is 6.61 Å². The van der Waals surface area contributed by atoms with Gasteiger partial charge in [-0.05, 0) is 25.9 Å². The molecule has 0 radical (unpaired) electrons. The van der Waals surface area contributed by atoms with Crippen molar-refractivity contribution in [3.05, 3.63) is 0 Å². The van der Waals surface area contributed by atoms with Gasteiger partial charge in [-0.3, -0.25) is 0 Å². The molecule has 2 nitrogen and oxygen atoms in total. The first-order valence-electron chi connectivity index (χ1n) is 4.22. The predicted molar refractivity (Wildman–Crippen MR) is 46.6 cm³/mol. The molecule has 1 rings (SSSR count). The maximum atomic E-state index is 8.76. The molecule has 11 heavy (non-hydrogen) atoms. The molecule has 0 bridgehead atoms. The van der Waals surface area contributed by atoms with Crippen LogP contribution < -0.4 is 0 Å². The van der Waals surface area contributed by atoms with Gasteiger partial charge in [0.2, 0.25) is 8.32 Å². The van der Waals surface area contributed by atoms with Gasteiger partial charge in [0.05, 0.1) is 11.6 Å². The molecular weight excluding hydrogens is 154 g/mol. The van der Waals surface area contributed by atoms with E-state index < -0.39 is 8.32 Å². The smallest absolute Gasteiger partial charge is 0.206 e. The van der Waals surface area contributed by atoms with Crippen LogP contribution in [0.3, 0.4) is 0 Å². The molecule has 3 heteroatoms. The van der Waals surface area contributed by atoms with Gasteiger partial charge in [-0.25, -0.2) is 0 Å². The summed E-state index contributed by atoms with van der Waals surface area (Å²) in [5.74, 6) is 0. The van der Waals surface area contributed by atoms with Crippen LogP contribution >= 0.6 is 0 Å². The van der Waals surface area contributed by atoms with E-state index in [0.29, 0.717) is 0 Å². The quantitative estimate of drug-likeness (QED) is 0.564. The molecule has 0 aromatic heterocycles. The summed E-state index contributed by atoms with van der Waals surface area (Å²) >= 11 is 0. The Bertz CT molecular complexity index is 169. The highest BCUT2D eigenvalue weighted by atomic mass is 28.4. The minimum absolute atomic E-state index is 0.155. The van der Waals surface area contributed by atoms with E-state index in [1.807, 2.05) is 6.92 Å². The standard InChI is InChI=1S/C8H15NOSi/c1-8(7-9)11(2)6-4-3-5-10-11/h8H,3-6H2,1-2H3. The number of hydrogen-bond acceptors (Lipinski definition) is 2. The molecular formula is C8H15NOSi. The number of nitriles is 1. The zero-order chi connectivity index (χ0) is 8.32. The molecule has 1 heterocycles. The van der Waals surface area contributed by atoms with Gasteiger partial charge in [-0.2, -0.15) is 5.26 Å². The third-order valence-electron chi connectivity index (χ3n) is 2.61. The normalized spacial score (nSPS) is 34.3. The van der Waals surface area contributed by atoms with Crippen molar-refractivity contribution >= 4 is 8.32 Å². The molecule has 1 fully saturated rings. The molecule has 0 spiro atoms. The van der Waals surface area contributed by atoms with E-state index in [2.05, 4.69) is 12.6 Å². The molecule has 2 atom stereocenters. The van der Waals surface area contributed by atoms with Crippen LogP contribution in [0.5, 0.6) is 0 Å². The van der Waals surface area contributed by atoms with Gasteiger partial charge < -0.3 is 4.43 Å². The topological polar surface area (TPSA) is 33.0 Å². The zero-order valence-corrected chi connectivity index (χ0v) is 8.26. The first-order chi connectivity index (χ1) is 5.19.